The minimum atomic E-state index is -0.771. The van der Waals surface area contributed by atoms with Gasteiger partial charge in [-0.3, -0.25) is 10.5 Å². The molecule has 1 aromatic heterocycles. The average molecular weight is 349 g/mol. The molecule has 0 radical (unpaired) electrons. The van der Waals surface area contributed by atoms with Crippen molar-refractivity contribution in [2.75, 3.05) is 0 Å². The fourth-order valence-corrected chi connectivity index (χ4v) is 3.46. The Bertz CT molecular complexity index is 990. The molecule has 0 fully saturated rings. The smallest absolute Gasteiger partial charge is 0.244 e. The van der Waals surface area contributed by atoms with Crippen LogP contribution in [0.4, 0.5) is 0 Å². The molecule has 0 bridgehead atoms. The summed E-state index contributed by atoms with van der Waals surface area (Å²) in [5.41, 5.74) is 3.24. The van der Waals surface area contributed by atoms with Crippen LogP contribution in [0.15, 0.2) is 54.6 Å². The van der Waals surface area contributed by atoms with Crippen molar-refractivity contribution >= 4 is 17.5 Å². The average Bonchev–Trinajstić information content (AvgIpc) is 3.05. The highest BCUT2D eigenvalue weighted by Crippen LogP contribution is 2.47. The van der Waals surface area contributed by atoms with Gasteiger partial charge in [0.1, 0.15) is 5.92 Å². The van der Waals surface area contributed by atoms with Crippen molar-refractivity contribution in [1.82, 2.24) is 10.2 Å². The number of rotatable bonds is 2. The van der Waals surface area contributed by atoms with E-state index < -0.39 is 11.8 Å². The number of hydrogen-bond acceptors (Lipinski definition) is 4. The molecule has 122 valence electrons. The van der Waals surface area contributed by atoms with Gasteiger partial charge in [0.15, 0.2) is 0 Å². The molecule has 0 saturated heterocycles. The molecule has 2 heterocycles. The van der Waals surface area contributed by atoms with Crippen molar-refractivity contribution in [1.29, 1.82) is 10.7 Å². The zero-order valence-corrected chi connectivity index (χ0v) is 13.8. The van der Waals surface area contributed by atoms with E-state index in [1.165, 1.54) is 0 Å². The van der Waals surface area contributed by atoms with Crippen molar-refractivity contribution in [2.24, 2.45) is 5.92 Å². The van der Waals surface area contributed by atoms with Gasteiger partial charge in [0.25, 0.3) is 0 Å². The van der Waals surface area contributed by atoms with Crippen LogP contribution in [0, 0.1) is 22.7 Å². The maximum Gasteiger partial charge on any atom is 0.244 e. The van der Waals surface area contributed by atoms with Crippen LogP contribution >= 0.6 is 11.6 Å². The van der Waals surface area contributed by atoms with Crippen molar-refractivity contribution in [3.05, 3.63) is 70.7 Å². The fourth-order valence-electron chi connectivity index (χ4n) is 3.21. The molecule has 5 nitrogen and oxygen atoms in total. The predicted octanol–water partition coefficient (Wildman–Crippen LogP) is 4.37. The number of halogens is 1. The molecule has 1 aliphatic heterocycles. The number of aromatic nitrogens is 2. The Labute approximate surface area is 149 Å². The third kappa shape index (κ3) is 2.48. The molecule has 2 aromatic carbocycles. The van der Waals surface area contributed by atoms with Gasteiger partial charge in [-0.05, 0) is 17.2 Å². The largest absolute Gasteiger partial charge is 0.422 e. The van der Waals surface area contributed by atoms with Crippen molar-refractivity contribution in [3.8, 4) is 23.2 Å². The molecule has 25 heavy (non-hydrogen) atoms. The molecule has 2 unspecified atom stereocenters. The molecule has 0 aliphatic carbocycles. The van der Waals surface area contributed by atoms with Crippen LogP contribution < -0.4 is 4.74 Å². The van der Waals surface area contributed by atoms with E-state index in [0.29, 0.717) is 10.9 Å². The van der Waals surface area contributed by atoms with Crippen LogP contribution in [0.25, 0.3) is 11.3 Å². The number of nitriles is 1. The number of benzene rings is 2. The van der Waals surface area contributed by atoms with Crippen LogP contribution in [0.5, 0.6) is 5.88 Å². The van der Waals surface area contributed by atoms with Crippen molar-refractivity contribution in [3.63, 3.8) is 0 Å². The molecular weight excluding hydrogens is 336 g/mol. The second kappa shape index (κ2) is 6.08. The zero-order chi connectivity index (χ0) is 17.4. The Kier molecular flexibility index (Phi) is 3.75. The van der Waals surface area contributed by atoms with Crippen LogP contribution in [0.3, 0.4) is 0 Å². The standard InChI is InChI=1S/C19H13ClN4O/c20-14-9-5-4-8-12(14)15-13(10-21)18(22)25-19-16(15)17(23-24-19)11-6-2-1-3-7-11/h1-9,13,15,22H,(H,23,24). The summed E-state index contributed by atoms with van der Waals surface area (Å²) in [7, 11) is 0. The number of ether oxygens (including phenoxy) is 1. The fraction of sp³-hybridized carbons (Fsp3) is 0.105. The second-order valence-electron chi connectivity index (χ2n) is 5.76. The van der Waals surface area contributed by atoms with E-state index in [2.05, 4.69) is 16.3 Å². The Morgan fingerprint density at radius 3 is 2.56 bits per heavy atom. The lowest BCUT2D eigenvalue weighted by Gasteiger charge is -2.28. The van der Waals surface area contributed by atoms with Gasteiger partial charge in [-0.2, -0.15) is 5.26 Å². The summed E-state index contributed by atoms with van der Waals surface area (Å²) >= 11 is 6.41. The monoisotopic (exact) mass is 348 g/mol. The molecule has 0 saturated carbocycles. The first kappa shape index (κ1) is 15.4. The lowest BCUT2D eigenvalue weighted by Crippen LogP contribution is -2.31. The molecule has 2 N–H and O–H groups in total. The van der Waals surface area contributed by atoms with Gasteiger partial charge >= 0.3 is 0 Å². The third-order valence-electron chi connectivity index (χ3n) is 4.34. The summed E-state index contributed by atoms with van der Waals surface area (Å²) in [5.74, 6) is -0.998. The Morgan fingerprint density at radius 1 is 1.12 bits per heavy atom. The number of nitrogens with zero attached hydrogens (tertiary/aromatic N) is 2. The van der Waals surface area contributed by atoms with E-state index in [1.54, 1.807) is 6.07 Å². The number of hydrogen-bond donors (Lipinski definition) is 2. The van der Waals surface area contributed by atoms with E-state index in [-0.39, 0.29) is 5.90 Å². The van der Waals surface area contributed by atoms with Crippen LogP contribution in [-0.2, 0) is 0 Å². The first-order chi connectivity index (χ1) is 12.2. The van der Waals surface area contributed by atoms with E-state index in [4.69, 9.17) is 21.7 Å². The van der Waals surface area contributed by atoms with Gasteiger partial charge in [-0.1, -0.05) is 60.1 Å². The van der Waals surface area contributed by atoms with Gasteiger partial charge in [0.05, 0.1) is 17.3 Å². The normalized spacial score (nSPS) is 19.0. The van der Waals surface area contributed by atoms with Crippen molar-refractivity contribution < 1.29 is 4.74 Å². The minimum Gasteiger partial charge on any atom is -0.422 e. The van der Waals surface area contributed by atoms with E-state index in [1.807, 2.05) is 48.5 Å². The first-order valence-corrected chi connectivity index (χ1v) is 8.12. The summed E-state index contributed by atoms with van der Waals surface area (Å²) in [4.78, 5) is 0. The van der Waals surface area contributed by atoms with Gasteiger partial charge < -0.3 is 4.74 Å². The third-order valence-corrected chi connectivity index (χ3v) is 4.69. The van der Waals surface area contributed by atoms with Gasteiger partial charge in [-0.15, -0.1) is 5.10 Å². The molecule has 3 aromatic rings. The van der Waals surface area contributed by atoms with E-state index in [9.17, 15) is 5.26 Å². The van der Waals surface area contributed by atoms with E-state index >= 15 is 0 Å². The highest BCUT2D eigenvalue weighted by molar-refractivity contribution is 6.31. The van der Waals surface area contributed by atoms with E-state index in [0.717, 1.165) is 22.4 Å². The van der Waals surface area contributed by atoms with Gasteiger partial charge in [0.2, 0.25) is 11.8 Å². The molecular formula is C19H13ClN4O. The maximum absolute atomic E-state index is 9.66. The summed E-state index contributed by atoms with van der Waals surface area (Å²) in [6, 6.07) is 19.3. The number of nitrogens with one attached hydrogen (secondary N) is 2. The molecule has 2 atom stereocenters. The Hall–Kier alpha value is -3.10. The van der Waals surface area contributed by atoms with Crippen LogP contribution in [0.1, 0.15) is 17.0 Å². The van der Waals surface area contributed by atoms with Crippen LogP contribution in [0.2, 0.25) is 5.02 Å². The molecule has 4 rings (SSSR count). The van der Waals surface area contributed by atoms with Gasteiger partial charge in [-0.25, -0.2) is 0 Å². The maximum atomic E-state index is 9.66. The zero-order valence-electron chi connectivity index (χ0n) is 13.0. The molecule has 0 amide bonds. The summed E-state index contributed by atoms with van der Waals surface area (Å²) in [6.45, 7) is 0. The lowest BCUT2D eigenvalue weighted by atomic mass is 9.79. The minimum absolute atomic E-state index is 0.119. The highest BCUT2D eigenvalue weighted by Gasteiger charge is 2.41. The van der Waals surface area contributed by atoms with Gasteiger partial charge in [0, 0.05) is 10.9 Å². The molecule has 0 spiro atoms. The number of fused-ring (bicyclic) bond motifs is 1. The quantitative estimate of drug-likeness (QED) is 0.721. The van der Waals surface area contributed by atoms with Crippen molar-refractivity contribution in [2.45, 2.75) is 5.92 Å². The summed E-state index contributed by atoms with van der Waals surface area (Å²) < 4.78 is 5.50. The molecule has 6 heteroatoms. The van der Waals surface area contributed by atoms with Crippen LogP contribution in [-0.4, -0.2) is 16.1 Å². The Morgan fingerprint density at radius 2 is 1.84 bits per heavy atom. The topological polar surface area (TPSA) is 85.6 Å². The Balaban J connectivity index is 1.98. The first-order valence-electron chi connectivity index (χ1n) is 7.74. The summed E-state index contributed by atoms with van der Waals surface area (Å²) in [5, 5.41) is 25.5. The molecule has 1 aliphatic rings. The number of H-pyrrole nitrogens is 1. The number of aromatic amines is 1. The SMILES string of the molecule is N#CC1C(=N)Oc2n[nH]c(-c3ccccc3)c2C1c1ccccc1Cl. The predicted molar refractivity (Wildman–Crippen MR) is 94.8 cm³/mol. The lowest BCUT2D eigenvalue weighted by molar-refractivity contribution is 0.437. The summed E-state index contributed by atoms with van der Waals surface area (Å²) in [6.07, 6.45) is 0. The second-order valence-corrected chi connectivity index (χ2v) is 6.16. The highest BCUT2D eigenvalue weighted by atomic mass is 35.5.